The van der Waals surface area contributed by atoms with Gasteiger partial charge in [-0.2, -0.15) is 0 Å². The lowest BCUT2D eigenvalue weighted by Gasteiger charge is -2.23. The van der Waals surface area contributed by atoms with Crippen molar-refractivity contribution in [2.24, 2.45) is 0 Å². The van der Waals surface area contributed by atoms with Gasteiger partial charge in [-0.15, -0.1) is 0 Å². The van der Waals surface area contributed by atoms with Crippen molar-refractivity contribution in [1.82, 2.24) is 0 Å². The molecular weight excluding hydrogens is 260 g/mol. The van der Waals surface area contributed by atoms with Gasteiger partial charge in [-0.1, -0.05) is 48.2 Å². The summed E-state index contributed by atoms with van der Waals surface area (Å²) in [5.74, 6) is 5.02. The molecule has 0 radical (unpaired) electrons. The molecule has 106 valence electrons. The topological polar surface area (TPSA) is 37.3 Å². The van der Waals surface area contributed by atoms with Crippen molar-refractivity contribution in [3.63, 3.8) is 0 Å². The number of benzene rings is 2. The van der Waals surface area contributed by atoms with Crippen molar-refractivity contribution in [2.45, 2.75) is 26.2 Å². The zero-order valence-corrected chi connectivity index (χ0v) is 12.5. The first-order valence-electron chi connectivity index (χ1n) is 6.83. The zero-order valence-electron chi connectivity index (χ0n) is 12.5. The van der Waals surface area contributed by atoms with E-state index in [1.165, 1.54) is 0 Å². The van der Waals surface area contributed by atoms with Gasteiger partial charge in [-0.05, 0) is 49.6 Å². The Balaban J connectivity index is 2.58. The summed E-state index contributed by atoms with van der Waals surface area (Å²) in [4.78, 5) is 11.8. The molecule has 0 aliphatic rings. The summed E-state index contributed by atoms with van der Waals surface area (Å²) in [5, 5.41) is 9.71. The van der Waals surface area contributed by atoms with Crippen LogP contribution in [0.1, 0.15) is 29.2 Å². The molecule has 21 heavy (non-hydrogen) atoms. The van der Waals surface area contributed by atoms with E-state index < -0.39 is 11.4 Å². The first-order valence-corrected chi connectivity index (χ1v) is 6.83. The molecule has 0 aliphatic heterocycles. The van der Waals surface area contributed by atoms with Gasteiger partial charge in [0.15, 0.2) is 5.41 Å². The van der Waals surface area contributed by atoms with E-state index in [0.717, 1.165) is 22.3 Å². The van der Waals surface area contributed by atoms with Crippen LogP contribution in [0.4, 0.5) is 0 Å². The zero-order chi connectivity index (χ0) is 15.5. The molecule has 2 aromatic rings. The molecule has 2 nitrogen and oxygen atoms in total. The molecule has 0 heterocycles. The van der Waals surface area contributed by atoms with Gasteiger partial charge in [0, 0.05) is 5.56 Å². The van der Waals surface area contributed by atoms with Crippen LogP contribution in [0.25, 0.3) is 0 Å². The fourth-order valence-corrected chi connectivity index (χ4v) is 2.54. The molecule has 1 unspecified atom stereocenters. The second-order valence-electron chi connectivity index (χ2n) is 5.31. The fraction of sp³-hybridized carbons (Fsp3) is 0.211. The molecule has 0 spiro atoms. The van der Waals surface area contributed by atoms with E-state index in [2.05, 4.69) is 11.8 Å². The second kappa shape index (κ2) is 5.85. The van der Waals surface area contributed by atoms with E-state index in [1.54, 1.807) is 6.92 Å². The average Bonchev–Trinajstić information content (AvgIpc) is 2.46. The van der Waals surface area contributed by atoms with Gasteiger partial charge in [0.05, 0.1) is 0 Å². The predicted octanol–water partition coefficient (Wildman–Crippen LogP) is 3.70. The molecule has 0 saturated carbocycles. The smallest absolute Gasteiger partial charge is 0.326 e. The Labute approximate surface area is 125 Å². The minimum absolute atomic E-state index is 0.779. The van der Waals surface area contributed by atoms with Gasteiger partial charge in [0.2, 0.25) is 0 Å². The van der Waals surface area contributed by atoms with Crippen molar-refractivity contribution in [3.05, 3.63) is 70.8 Å². The first kappa shape index (κ1) is 14.9. The lowest BCUT2D eigenvalue weighted by Crippen LogP contribution is -2.32. The summed E-state index contributed by atoms with van der Waals surface area (Å²) in [6.45, 7) is 5.52. The van der Waals surface area contributed by atoms with Crippen LogP contribution in [0.2, 0.25) is 0 Å². The van der Waals surface area contributed by atoms with Crippen molar-refractivity contribution in [2.75, 3.05) is 0 Å². The predicted molar refractivity (Wildman–Crippen MR) is 84.2 cm³/mol. The van der Waals surface area contributed by atoms with Crippen LogP contribution in [0.5, 0.6) is 0 Å². The molecule has 0 aliphatic carbocycles. The molecule has 1 N–H and O–H groups in total. The van der Waals surface area contributed by atoms with Gasteiger partial charge in [0.1, 0.15) is 0 Å². The standard InChI is InChI=1S/C19H18O2/c1-14-8-7-9-15(2)17(14)19(3,18(20)21)13-12-16-10-5-4-6-11-16/h4-11H,1-3H3,(H,20,21). The van der Waals surface area contributed by atoms with Crippen LogP contribution in [0, 0.1) is 25.7 Å². The van der Waals surface area contributed by atoms with E-state index in [9.17, 15) is 9.90 Å². The molecular formula is C19H18O2. The number of aryl methyl sites for hydroxylation is 2. The Morgan fingerprint density at radius 1 is 1.00 bits per heavy atom. The van der Waals surface area contributed by atoms with Crippen molar-refractivity contribution in [3.8, 4) is 11.8 Å². The number of hydrogen-bond acceptors (Lipinski definition) is 1. The number of carbonyl (C=O) groups is 1. The lowest BCUT2D eigenvalue weighted by atomic mass is 9.78. The third-order valence-electron chi connectivity index (χ3n) is 3.64. The molecule has 0 bridgehead atoms. The number of carboxylic acid groups (broad SMARTS) is 1. The number of carboxylic acids is 1. The van der Waals surface area contributed by atoms with Gasteiger partial charge >= 0.3 is 5.97 Å². The summed E-state index contributed by atoms with van der Waals surface area (Å²) in [7, 11) is 0. The Kier molecular flexibility index (Phi) is 4.14. The third-order valence-corrected chi connectivity index (χ3v) is 3.64. The van der Waals surface area contributed by atoms with E-state index in [-0.39, 0.29) is 0 Å². The quantitative estimate of drug-likeness (QED) is 0.850. The Bertz CT molecular complexity index is 700. The number of rotatable bonds is 2. The Morgan fingerprint density at radius 2 is 1.57 bits per heavy atom. The van der Waals surface area contributed by atoms with Crippen LogP contribution >= 0.6 is 0 Å². The van der Waals surface area contributed by atoms with Crippen LogP contribution in [-0.4, -0.2) is 11.1 Å². The maximum absolute atomic E-state index is 11.8. The second-order valence-corrected chi connectivity index (χ2v) is 5.31. The number of aliphatic carboxylic acids is 1. The van der Waals surface area contributed by atoms with E-state index in [1.807, 2.05) is 62.4 Å². The summed E-state index contributed by atoms with van der Waals surface area (Å²) >= 11 is 0. The summed E-state index contributed by atoms with van der Waals surface area (Å²) in [5.41, 5.74) is 2.27. The first-order chi connectivity index (χ1) is 9.95. The molecule has 0 fully saturated rings. The molecule has 0 saturated heterocycles. The minimum Gasteiger partial charge on any atom is -0.480 e. The molecule has 1 atom stereocenters. The van der Waals surface area contributed by atoms with Crippen LogP contribution < -0.4 is 0 Å². The normalized spacial score (nSPS) is 12.9. The maximum Gasteiger partial charge on any atom is 0.326 e. The highest BCUT2D eigenvalue weighted by molar-refractivity contribution is 5.86. The fourth-order valence-electron chi connectivity index (χ4n) is 2.54. The monoisotopic (exact) mass is 278 g/mol. The Morgan fingerprint density at radius 3 is 2.10 bits per heavy atom. The maximum atomic E-state index is 11.8. The molecule has 2 aromatic carbocycles. The van der Waals surface area contributed by atoms with E-state index in [4.69, 9.17) is 0 Å². The largest absolute Gasteiger partial charge is 0.480 e. The third kappa shape index (κ3) is 2.98. The Hall–Kier alpha value is -2.53. The minimum atomic E-state index is -1.22. The highest BCUT2D eigenvalue weighted by atomic mass is 16.4. The van der Waals surface area contributed by atoms with Crippen molar-refractivity contribution >= 4 is 5.97 Å². The van der Waals surface area contributed by atoms with Gasteiger partial charge in [-0.25, -0.2) is 0 Å². The highest BCUT2D eigenvalue weighted by Crippen LogP contribution is 2.29. The molecule has 2 heteroatoms. The van der Waals surface area contributed by atoms with Crippen LogP contribution in [0.15, 0.2) is 48.5 Å². The lowest BCUT2D eigenvalue weighted by molar-refractivity contribution is -0.140. The van der Waals surface area contributed by atoms with Gasteiger partial charge in [-0.3, -0.25) is 4.79 Å². The average molecular weight is 278 g/mol. The summed E-state index contributed by atoms with van der Waals surface area (Å²) < 4.78 is 0. The molecule has 2 rings (SSSR count). The number of hydrogen-bond donors (Lipinski definition) is 1. The van der Waals surface area contributed by atoms with E-state index >= 15 is 0 Å². The van der Waals surface area contributed by atoms with Gasteiger partial charge < -0.3 is 5.11 Å². The highest BCUT2D eigenvalue weighted by Gasteiger charge is 2.35. The van der Waals surface area contributed by atoms with Crippen molar-refractivity contribution in [1.29, 1.82) is 0 Å². The van der Waals surface area contributed by atoms with E-state index in [0.29, 0.717) is 0 Å². The van der Waals surface area contributed by atoms with Crippen molar-refractivity contribution < 1.29 is 9.90 Å². The van der Waals surface area contributed by atoms with Gasteiger partial charge in [0.25, 0.3) is 0 Å². The molecule has 0 amide bonds. The SMILES string of the molecule is Cc1cccc(C)c1C(C)(C#Cc1ccccc1)C(=O)O. The molecule has 0 aromatic heterocycles. The summed E-state index contributed by atoms with van der Waals surface area (Å²) in [6.07, 6.45) is 0. The van der Waals surface area contributed by atoms with Crippen LogP contribution in [0.3, 0.4) is 0 Å². The van der Waals surface area contributed by atoms with Crippen LogP contribution in [-0.2, 0) is 10.2 Å². The summed E-state index contributed by atoms with van der Waals surface area (Å²) in [6, 6.07) is 15.2.